The second-order valence-corrected chi connectivity index (χ2v) is 4.50. The number of pyridine rings is 1. The van der Waals surface area contributed by atoms with Crippen LogP contribution in [0.25, 0.3) is 0 Å². The van der Waals surface area contributed by atoms with E-state index >= 15 is 0 Å². The summed E-state index contributed by atoms with van der Waals surface area (Å²) in [5, 5.41) is 2.76. The second kappa shape index (κ2) is 5.52. The Hall–Kier alpha value is -2.36. The highest BCUT2D eigenvalue weighted by molar-refractivity contribution is 5.94. The third-order valence-corrected chi connectivity index (χ3v) is 2.92. The highest BCUT2D eigenvalue weighted by Gasteiger charge is 2.07. The van der Waals surface area contributed by atoms with E-state index in [0.29, 0.717) is 11.1 Å². The predicted octanol–water partition coefficient (Wildman–Crippen LogP) is 1.62. The van der Waals surface area contributed by atoms with Crippen molar-refractivity contribution in [1.82, 2.24) is 9.88 Å². The zero-order valence-electron chi connectivity index (χ0n) is 11.0. The fraction of sp³-hybridized carbons (Fsp3) is 0.200. The molecule has 1 amide bonds. The Balaban J connectivity index is 2.09. The monoisotopic (exact) mass is 256 g/mol. The van der Waals surface area contributed by atoms with Crippen molar-refractivity contribution in [3.05, 3.63) is 69.6 Å². The van der Waals surface area contributed by atoms with E-state index < -0.39 is 0 Å². The number of nitrogens with zero attached hydrogens (tertiary/aromatic N) is 1. The Kier molecular flexibility index (Phi) is 3.80. The summed E-state index contributed by atoms with van der Waals surface area (Å²) >= 11 is 0. The maximum absolute atomic E-state index is 11.9. The fourth-order valence-electron chi connectivity index (χ4n) is 1.85. The van der Waals surface area contributed by atoms with Gasteiger partial charge in [0.15, 0.2) is 0 Å². The molecule has 98 valence electrons. The van der Waals surface area contributed by atoms with Crippen LogP contribution >= 0.6 is 0 Å². The Morgan fingerprint density at radius 1 is 1.26 bits per heavy atom. The Morgan fingerprint density at radius 3 is 2.79 bits per heavy atom. The van der Waals surface area contributed by atoms with E-state index in [-0.39, 0.29) is 18.0 Å². The number of hydrogen-bond donors (Lipinski definition) is 1. The summed E-state index contributed by atoms with van der Waals surface area (Å²) in [5.41, 5.74) is 2.12. The maximum atomic E-state index is 11.9. The number of hydrogen-bond acceptors (Lipinski definition) is 2. The Labute approximate surface area is 111 Å². The molecular weight excluding hydrogens is 240 g/mol. The van der Waals surface area contributed by atoms with Gasteiger partial charge in [-0.3, -0.25) is 9.59 Å². The number of aromatic nitrogens is 1. The van der Waals surface area contributed by atoms with Gasteiger partial charge in [0.05, 0.1) is 0 Å². The molecule has 2 rings (SSSR count). The summed E-state index contributed by atoms with van der Waals surface area (Å²) in [5.74, 6) is -0.172. The number of nitrogens with one attached hydrogen (secondary N) is 1. The Morgan fingerprint density at radius 2 is 2.05 bits per heavy atom. The van der Waals surface area contributed by atoms with Gasteiger partial charge >= 0.3 is 0 Å². The zero-order chi connectivity index (χ0) is 13.8. The third kappa shape index (κ3) is 3.10. The van der Waals surface area contributed by atoms with E-state index in [0.717, 1.165) is 5.56 Å². The van der Waals surface area contributed by atoms with Crippen LogP contribution < -0.4 is 10.9 Å². The van der Waals surface area contributed by atoms with Gasteiger partial charge in [0.2, 0.25) is 0 Å². The zero-order valence-corrected chi connectivity index (χ0v) is 11.0. The van der Waals surface area contributed by atoms with Crippen molar-refractivity contribution in [2.24, 2.45) is 7.05 Å². The molecule has 1 N–H and O–H groups in total. The normalized spacial score (nSPS) is 10.2. The maximum Gasteiger partial charge on any atom is 0.255 e. The first-order valence-corrected chi connectivity index (χ1v) is 6.07. The van der Waals surface area contributed by atoms with Gasteiger partial charge in [0.25, 0.3) is 11.5 Å². The minimum atomic E-state index is -0.172. The van der Waals surface area contributed by atoms with E-state index in [2.05, 4.69) is 5.32 Å². The first-order chi connectivity index (χ1) is 9.08. The van der Waals surface area contributed by atoms with Gasteiger partial charge in [-0.05, 0) is 25.1 Å². The minimum Gasteiger partial charge on any atom is -0.348 e. The van der Waals surface area contributed by atoms with Gasteiger partial charge in [-0.15, -0.1) is 0 Å². The lowest BCUT2D eigenvalue weighted by atomic mass is 10.1. The van der Waals surface area contributed by atoms with Gasteiger partial charge in [-0.25, -0.2) is 0 Å². The molecule has 0 radical (unpaired) electrons. The van der Waals surface area contributed by atoms with Crippen molar-refractivity contribution in [3.8, 4) is 0 Å². The average molecular weight is 256 g/mol. The molecule has 2 aromatic rings. The highest BCUT2D eigenvalue weighted by atomic mass is 16.2. The lowest BCUT2D eigenvalue weighted by Crippen LogP contribution is -2.28. The summed E-state index contributed by atoms with van der Waals surface area (Å²) < 4.78 is 1.49. The summed E-state index contributed by atoms with van der Waals surface area (Å²) in [6.45, 7) is 2.17. The predicted molar refractivity (Wildman–Crippen MR) is 74.0 cm³/mol. The van der Waals surface area contributed by atoms with Crippen LogP contribution in [0.4, 0.5) is 0 Å². The summed E-state index contributed by atoms with van der Waals surface area (Å²) in [6.07, 6.45) is 1.69. The molecule has 0 unspecified atom stereocenters. The number of amides is 1. The molecule has 0 saturated heterocycles. The molecule has 0 aliphatic carbocycles. The molecule has 0 aliphatic rings. The number of carbonyl (C=O) groups is 1. The largest absolute Gasteiger partial charge is 0.348 e. The summed E-state index contributed by atoms with van der Waals surface area (Å²) in [6, 6.07) is 10.9. The van der Waals surface area contributed by atoms with Crippen LogP contribution in [0, 0.1) is 6.92 Å². The molecule has 0 fully saturated rings. The van der Waals surface area contributed by atoms with Crippen LogP contribution in [0.2, 0.25) is 0 Å². The number of benzene rings is 1. The molecule has 0 spiro atoms. The lowest BCUT2D eigenvalue weighted by Gasteiger charge is -2.06. The molecule has 1 aromatic heterocycles. The minimum absolute atomic E-state index is 0.0907. The quantitative estimate of drug-likeness (QED) is 0.907. The number of carbonyl (C=O) groups excluding carboxylic acids is 1. The van der Waals surface area contributed by atoms with Crippen molar-refractivity contribution in [1.29, 1.82) is 0 Å². The first-order valence-electron chi connectivity index (χ1n) is 6.07. The van der Waals surface area contributed by atoms with Crippen molar-refractivity contribution < 1.29 is 4.79 Å². The van der Waals surface area contributed by atoms with Crippen molar-refractivity contribution in [3.63, 3.8) is 0 Å². The summed E-state index contributed by atoms with van der Waals surface area (Å²) in [4.78, 5) is 23.7. The van der Waals surface area contributed by atoms with Crippen LogP contribution in [0.1, 0.15) is 21.5 Å². The molecule has 1 heterocycles. The Bertz CT molecular complexity index is 659. The van der Waals surface area contributed by atoms with E-state index in [1.807, 2.05) is 25.1 Å². The van der Waals surface area contributed by atoms with Crippen LogP contribution in [-0.4, -0.2) is 10.5 Å². The van der Waals surface area contributed by atoms with E-state index in [1.54, 1.807) is 31.4 Å². The smallest absolute Gasteiger partial charge is 0.255 e. The highest BCUT2D eigenvalue weighted by Crippen LogP contribution is 2.03. The van der Waals surface area contributed by atoms with E-state index in [1.165, 1.54) is 4.57 Å². The van der Waals surface area contributed by atoms with Crippen LogP contribution in [0.5, 0.6) is 0 Å². The van der Waals surface area contributed by atoms with Gasteiger partial charge in [-0.1, -0.05) is 23.8 Å². The van der Waals surface area contributed by atoms with Crippen molar-refractivity contribution >= 4 is 5.91 Å². The molecule has 1 aromatic carbocycles. The molecule has 19 heavy (non-hydrogen) atoms. The van der Waals surface area contributed by atoms with Crippen molar-refractivity contribution in [2.75, 3.05) is 0 Å². The standard InChI is InChI=1S/C15H16N2O2/c1-11-5-3-6-12(9-11)14(18)16-10-13-7-4-8-17(2)15(13)19/h3-9H,10H2,1-2H3,(H,16,18). The van der Waals surface area contributed by atoms with Crippen molar-refractivity contribution in [2.45, 2.75) is 13.5 Å². The molecule has 0 atom stereocenters. The first kappa shape index (κ1) is 13.1. The van der Waals surface area contributed by atoms with E-state index in [9.17, 15) is 9.59 Å². The van der Waals surface area contributed by atoms with Crippen LogP contribution in [0.15, 0.2) is 47.4 Å². The molecule has 0 saturated carbocycles. The molecule has 4 heteroatoms. The van der Waals surface area contributed by atoms with Crippen LogP contribution in [-0.2, 0) is 13.6 Å². The molecular formula is C15H16N2O2. The molecule has 0 bridgehead atoms. The third-order valence-electron chi connectivity index (χ3n) is 2.92. The molecule has 0 aliphatic heterocycles. The number of rotatable bonds is 3. The molecule has 4 nitrogen and oxygen atoms in total. The van der Waals surface area contributed by atoms with Gasteiger partial charge in [0, 0.05) is 30.9 Å². The second-order valence-electron chi connectivity index (χ2n) is 4.50. The number of aryl methyl sites for hydroxylation is 2. The topological polar surface area (TPSA) is 51.1 Å². The summed E-state index contributed by atoms with van der Waals surface area (Å²) in [7, 11) is 1.69. The average Bonchev–Trinajstić information content (AvgIpc) is 2.40. The lowest BCUT2D eigenvalue weighted by molar-refractivity contribution is 0.0950. The fourth-order valence-corrected chi connectivity index (χ4v) is 1.85. The SMILES string of the molecule is Cc1cccc(C(=O)NCc2cccn(C)c2=O)c1. The van der Waals surface area contributed by atoms with Gasteiger partial charge in [0.1, 0.15) is 0 Å². The van der Waals surface area contributed by atoms with E-state index in [4.69, 9.17) is 0 Å². The van der Waals surface area contributed by atoms with Gasteiger partial charge < -0.3 is 9.88 Å². The van der Waals surface area contributed by atoms with Crippen LogP contribution in [0.3, 0.4) is 0 Å². The van der Waals surface area contributed by atoms with Gasteiger partial charge in [-0.2, -0.15) is 0 Å².